The van der Waals surface area contributed by atoms with Crippen LogP contribution in [0.4, 0.5) is 0 Å². The van der Waals surface area contributed by atoms with Gasteiger partial charge in [0.25, 0.3) is 5.56 Å². The Kier molecular flexibility index (Phi) is 2.88. The minimum Gasteiger partial charge on any atom is -0.303 e. The molecule has 0 saturated heterocycles. The largest absolute Gasteiger partial charge is 0.331 e. The van der Waals surface area contributed by atoms with Crippen LogP contribution in [-0.2, 0) is 19.0 Å². The second-order valence-corrected chi connectivity index (χ2v) is 4.71. The second-order valence-electron chi connectivity index (χ2n) is 4.71. The average Bonchev–Trinajstić information content (AvgIpc) is 2.09. The molecule has 4 nitrogen and oxygen atoms in total. The van der Waals surface area contributed by atoms with E-state index in [-0.39, 0.29) is 11.2 Å². The Labute approximate surface area is 89.2 Å². The zero-order valence-electron chi connectivity index (χ0n) is 10.00. The van der Waals surface area contributed by atoms with E-state index in [2.05, 4.69) is 0 Å². The van der Waals surface area contributed by atoms with E-state index in [9.17, 15) is 9.59 Å². The Morgan fingerprint density at radius 1 is 1.27 bits per heavy atom. The van der Waals surface area contributed by atoms with Crippen molar-refractivity contribution in [2.24, 2.45) is 7.05 Å². The highest BCUT2D eigenvalue weighted by Crippen LogP contribution is 2.07. The Morgan fingerprint density at radius 3 is 2.20 bits per heavy atom. The summed E-state index contributed by atoms with van der Waals surface area (Å²) in [6.45, 7) is 7.48. The Hall–Kier alpha value is -1.32. The molecular formula is C11H18N2O2. The minimum absolute atomic E-state index is 0.173. The number of hydrogen-bond donors (Lipinski definition) is 0. The zero-order chi connectivity index (χ0) is 11.8. The fourth-order valence-electron chi connectivity index (χ4n) is 1.57. The molecule has 0 spiro atoms. The summed E-state index contributed by atoms with van der Waals surface area (Å²) in [7, 11) is 1.67. The van der Waals surface area contributed by atoms with Crippen molar-refractivity contribution >= 4 is 0 Å². The predicted octanol–water partition coefficient (Wildman–Crippen LogP) is 0.864. The van der Waals surface area contributed by atoms with E-state index >= 15 is 0 Å². The summed E-state index contributed by atoms with van der Waals surface area (Å²) < 4.78 is 2.78. The van der Waals surface area contributed by atoms with Crippen LogP contribution in [0.3, 0.4) is 0 Å². The first kappa shape index (κ1) is 11.8. The Morgan fingerprint density at radius 2 is 1.80 bits per heavy atom. The summed E-state index contributed by atoms with van der Waals surface area (Å²) in [5, 5.41) is 0. The first-order valence-electron chi connectivity index (χ1n) is 5.11. The molecule has 0 atom stereocenters. The van der Waals surface area contributed by atoms with Gasteiger partial charge in [0.1, 0.15) is 0 Å². The average molecular weight is 210 g/mol. The van der Waals surface area contributed by atoms with Gasteiger partial charge in [0.2, 0.25) is 0 Å². The standard InChI is InChI=1S/C11H18N2O2/c1-6-8-7-12(5)10(15)13(9(8)14)11(2,3)4/h7H,6H2,1-5H3. The van der Waals surface area contributed by atoms with Crippen LogP contribution >= 0.6 is 0 Å². The second kappa shape index (κ2) is 3.68. The lowest BCUT2D eigenvalue weighted by Gasteiger charge is -2.22. The van der Waals surface area contributed by atoms with E-state index < -0.39 is 5.54 Å². The van der Waals surface area contributed by atoms with E-state index in [1.807, 2.05) is 27.7 Å². The Balaban J connectivity index is 3.71. The maximum absolute atomic E-state index is 12.0. The smallest absolute Gasteiger partial charge is 0.303 e. The molecule has 0 aliphatic carbocycles. The highest BCUT2D eigenvalue weighted by Gasteiger charge is 2.20. The molecule has 84 valence electrons. The molecule has 4 heteroatoms. The Bertz CT molecular complexity index is 475. The lowest BCUT2D eigenvalue weighted by molar-refractivity contribution is 0.355. The van der Waals surface area contributed by atoms with Gasteiger partial charge in [-0.2, -0.15) is 0 Å². The quantitative estimate of drug-likeness (QED) is 0.690. The van der Waals surface area contributed by atoms with E-state index in [4.69, 9.17) is 0 Å². The van der Waals surface area contributed by atoms with E-state index in [1.165, 1.54) is 9.13 Å². The van der Waals surface area contributed by atoms with Crippen molar-refractivity contribution in [1.29, 1.82) is 0 Å². The summed E-state index contributed by atoms with van der Waals surface area (Å²) in [5.41, 5.74) is -0.235. The van der Waals surface area contributed by atoms with Crippen molar-refractivity contribution in [3.8, 4) is 0 Å². The van der Waals surface area contributed by atoms with Crippen molar-refractivity contribution in [3.05, 3.63) is 32.6 Å². The van der Waals surface area contributed by atoms with Crippen LogP contribution in [0.5, 0.6) is 0 Å². The van der Waals surface area contributed by atoms with Gasteiger partial charge in [-0.15, -0.1) is 0 Å². The van der Waals surface area contributed by atoms with Crippen molar-refractivity contribution in [3.63, 3.8) is 0 Å². The molecule has 0 saturated carbocycles. The van der Waals surface area contributed by atoms with Gasteiger partial charge in [0.05, 0.1) is 0 Å². The maximum Gasteiger partial charge on any atom is 0.331 e. The van der Waals surface area contributed by atoms with Crippen LogP contribution in [0.15, 0.2) is 15.8 Å². The van der Waals surface area contributed by atoms with Gasteiger partial charge < -0.3 is 4.57 Å². The molecular weight excluding hydrogens is 192 g/mol. The van der Waals surface area contributed by atoms with Crippen molar-refractivity contribution in [1.82, 2.24) is 9.13 Å². The van der Waals surface area contributed by atoms with Gasteiger partial charge >= 0.3 is 5.69 Å². The number of nitrogens with zero attached hydrogens (tertiary/aromatic N) is 2. The highest BCUT2D eigenvalue weighted by molar-refractivity contribution is 5.06. The zero-order valence-corrected chi connectivity index (χ0v) is 10.00. The third-order valence-corrected chi connectivity index (χ3v) is 2.37. The molecule has 0 aromatic carbocycles. The lowest BCUT2D eigenvalue weighted by Crippen LogP contribution is -2.48. The van der Waals surface area contributed by atoms with Crippen molar-refractivity contribution in [2.45, 2.75) is 39.7 Å². The third kappa shape index (κ3) is 2.03. The van der Waals surface area contributed by atoms with Crippen LogP contribution in [-0.4, -0.2) is 9.13 Å². The molecule has 0 fully saturated rings. The monoisotopic (exact) mass is 210 g/mol. The molecule has 0 unspecified atom stereocenters. The molecule has 0 aliphatic rings. The van der Waals surface area contributed by atoms with Crippen molar-refractivity contribution < 1.29 is 0 Å². The molecule has 1 aromatic heterocycles. The van der Waals surface area contributed by atoms with E-state index in [0.717, 1.165) is 0 Å². The van der Waals surface area contributed by atoms with Gasteiger partial charge in [-0.1, -0.05) is 6.92 Å². The highest BCUT2D eigenvalue weighted by atomic mass is 16.2. The molecule has 0 aliphatic heterocycles. The summed E-state index contributed by atoms with van der Waals surface area (Å²) in [6, 6.07) is 0. The van der Waals surface area contributed by atoms with E-state index in [0.29, 0.717) is 12.0 Å². The van der Waals surface area contributed by atoms with Crippen molar-refractivity contribution in [2.75, 3.05) is 0 Å². The summed E-state index contributed by atoms with van der Waals surface area (Å²) >= 11 is 0. The molecule has 1 heterocycles. The fourth-order valence-corrected chi connectivity index (χ4v) is 1.57. The van der Waals surface area contributed by atoms with Crippen LogP contribution < -0.4 is 11.2 Å². The fraction of sp³-hybridized carbons (Fsp3) is 0.636. The van der Waals surface area contributed by atoms with Crippen LogP contribution in [0.2, 0.25) is 0 Å². The number of hydrogen-bond acceptors (Lipinski definition) is 2. The first-order chi connectivity index (χ1) is 6.79. The molecule has 1 rings (SSSR count). The molecule has 0 N–H and O–H groups in total. The van der Waals surface area contributed by atoms with Crippen LogP contribution in [0, 0.1) is 0 Å². The first-order valence-corrected chi connectivity index (χ1v) is 5.11. The summed E-state index contributed by atoms with van der Waals surface area (Å²) in [6.07, 6.45) is 2.26. The van der Waals surface area contributed by atoms with Gasteiger partial charge in [0, 0.05) is 24.3 Å². The van der Waals surface area contributed by atoms with Gasteiger partial charge in [-0.05, 0) is 27.2 Å². The van der Waals surface area contributed by atoms with Crippen LogP contribution in [0.1, 0.15) is 33.3 Å². The number of rotatable bonds is 1. The summed E-state index contributed by atoms with van der Waals surface area (Å²) in [4.78, 5) is 23.8. The summed E-state index contributed by atoms with van der Waals surface area (Å²) in [5.74, 6) is 0. The van der Waals surface area contributed by atoms with Gasteiger partial charge in [0.15, 0.2) is 0 Å². The maximum atomic E-state index is 12.0. The topological polar surface area (TPSA) is 44.0 Å². The molecule has 0 radical (unpaired) electrons. The molecule has 1 aromatic rings. The normalized spacial score (nSPS) is 11.8. The number of aryl methyl sites for hydroxylation is 2. The van der Waals surface area contributed by atoms with Gasteiger partial charge in [-0.25, -0.2) is 4.79 Å². The molecule has 15 heavy (non-hydrogen) atoms. The molecule has 0 amide bonds. The minimum atomic E-state index is -0.475. The third-order valence-electron chi connectivity index (χ3n) is 2.37. The van der Waals surface area contributed by atoms with Crippen LogP contribution in [0.25, 0.3) is 0 Å². The van der Waals surface area contributed by atoms with E-state index in [1.54, 1.807) is 13.2 Å². The van der Waals surface area contributed by atoms with Gasteiger partial charge in [-0.3, -0.25) is 9.36 Å². The lowest BCUT2D eigenvalue weighted by atomic mass is 10.1. The SMILES string of the molecule is CCc1cn(C)c(=O)n(C(C)(C)C)c1=O. The molecule has 0 bridgehead atoms. The number of aromatic nitrogens is 2. The predicted molar refractivity (Wildman–Crippen MR) is 60.3 cm³/mol.